The number of hydrogen-bond acceptors (Lipinski definition) is 7. The Morgan fingerprint density at radius 3 is 2.96 bits per heavy atom. The Labute approximate surface area is 141 Å². The predicted octanol–water partition coefficient (Wildman–Crippen LogP) is 2.23. The van der Waals surface area contributed by atoms with Gasteiger partial charge in [-0.25, -0.2) is 9.78 Å². The minimum atomic E-state index is -0.538. The Kier molecular flexibility index (Phi) is 5.90. The van der Waals surface area contributed by atoms with E-state index in [1.807, 2.05) is 0 Å². The molecule has 2 rings (SSSR count). The highest BCUT2D eigenvalue weighted by molar-refractivity contribution is 7.99. The van der Waals surface area contributed by atoms with Crippen LogP contribution in [0.25, 0.3) is 0 Å². The maximum atomic E-state index is 11.9. The highest BCUT2D eigenvalue weighted by Crippen LogP contribution is 2.18. The molecule has 9 nitrogen and oxygen atoms in total. The van der Waals surface area contributed by atoms with E-state index in [-0.39, 0.29) is 29.6 Å². The lowest BCUT2D eigenvalue weighted by atomic mass is 10.3. The number of carbonyl (C=O) groups is 2. The number of nitro benzene ring substituents is 1. The number of esters is 1. The quantitative estimate of drug-likeness (QED) is 0.339. The average Bonchev–Trinajstić information content (AvgIpc) is 3.02. The Morgan fingerprint density at radius 1 is 1.46 bits per heavy atom. The number of aromatic amines is 1. The molecular formula is C14H14N4O5S. The molecule has 0 saturated carbocycles. The van der Waals surface area contributed by atoms with E-state index in [0.717, 1.165) is 11.8 Å². The van der Waals surface area contributed by atoms with Gasteiger partial charge in [0.05, 0.1) is 23.5 Å². The summed E-state index contributed by atoms with van der Waals surface area (Å²) in [5.41, 5.74) is 0.436. The van der Waals surface area contributed by atoms with Crippen LogP contribution in [0.4, 0.5) is 11.4 Å². The van der Waals surface area contributed by atoms with Crippen LogP contribution in [0, 0.1) is 10.1 Å². The maximum Gasteiger partial charge on any atom is 0.356 e. The van der Waals surface area contributed by atoms with Crippen LogP contribution in [-0.2, 0) is 9.53 Å². The summed E-state index contributed by atoms with van der Waals surface area (Å²) in [4.78, 5) is 40.2. The van der Waals surface area contributed by atoms with E-state index in [1.165, 1.54) is 24.4 Å². The Balaban J connectivity index is 1.88. The van der Waals surface area contributed by atoms with Crippen molar-refractivity contribution >= 4 is 35.0 Å². The summed E-state index contributed by atoms with van der Waals surface area (Å²) in [7, 11) is 0. The monoisotopic (exact) mass is 350 g/mol. The second-order valence-electron chi connectivity index (χ2n) is 4.47. The second kappa shape index (κ2) is 8.11. The summed E-state index contributed by atoms with van der Waals surface area (Å²) < 4.78 is 4.82. The van der Waals surface area contributed by atoms with E-state index in [9.17, 15) is 19.7 Å². The number of carbonyl (C=O) groups excluding carboxylic acids is 2. The number of ether oxygens (including phenoxy) is 1. The fraction of sp³-hybridized carbons (Fsp3) is 0.214. The Hall–Kier alpha value is -2.88. The molecule has 0 bridgehead atoms. The third kappa shape index (κ3) is 4.81. The zero-order valence-corrected chi connectivity index (χ0v) is 13.5. The van der Waals surface area contributed by atoms with Gasteiger partial charge in [-0.15, -0.1) is 0 Å². The van der Waals surface area contributed by atoms with Crippen molar-refractivity contribution in [3.8, 4) is 0 Å². The first kappa shape index (κ1) is 17.5. The van der Waals surface area contributed by atoms with Gasteiger partial charge in [-0.1, -0.05) is 17.8 Å². The van der Waals surface area contributed by atoms with Gasteiger partial charge >= 0.3 is 5.97 Å². The van der Waals surface area contributed by atoms with Crippen molar-refractivity contribution < 1.29 is 19.2 Å². The highest BCUT2D eigenvalue weighted by Gasteiger charge is 2.12. The summed E-state index contributed by atoms with van der Waals surface area (Å²) in [6.07, 6.45) is 1.33. The van der Waals surface area contributed by atoms with Crippen molar-refractivity contribution in [2.75, 3.05) is 17.7 Å². The predicted molar refractivity (Wildman–Crippen MR) is 87.0 cm³/mol. The molecule has 0 spiro atoms. The van der Waals surface area contributed by atoms with Gasteiger partial charge in [0.15, 0.2) is 5.16 Å². The van der Waals surface area contributed by atoms with Crippen LogP contribution in [0.15, 0.2) is 35.6 Å². The van der Waals surface area contributed by atoms with Gasteiger partial charge in [0.25, 0.3) is 5.69 Å². The number of nitrogens with one attached hydrogen (secondary N) is 2. The average molecular weight is 350 g/mol. The van der Waals surface area contributed by atoms with Gasteiger partial charge in [0, 0.05) is 17.8 Å². The number of H-pyrrole nitrogens is 1. The van der Waals surface area contributed by atoms with Gasteiger partial charge in [-0.05, 0) is 13.0 Å². The molecule has 0 aliphatic rings. The lowest BCUT2D eigenvalue weighted by Gasteiger charge is -2.04. The summed E-state index contributed by atoms with van der Waals surface area (Å²) >= 11 is 1.09. The Morgan fingerprint density at radius 2 is 2.25 bits per heavy atom. The summed E-state index contributed by atoms with van der Waals surface area (Å²) in [6.45, 7) is 1.95. The van der Waals surface area contributed by atoms with E-state index in [0.29, 0.717) is 10.8 Å². The molecule has 0 fully saturated rings. The van der Waals surface area contributed by atoms with Crippen LogP contribution in [0.3, 0.4) is 0 Å². The van der Waals surface area contributed by atoms with Crippen molar-refractivity contribution in [2.24, 2.45) is 0 Å². The van der Waals surface area contributed by atoms with E-state index in [2.05, 4.69) is 15.3 Å². The molecule has 10 heteroatoms. The number of hydrogen-bond donors (Lipinski definition) is 2. The molecule has 0 atom stereocenters. The van der Waals surface area contributed by atoms with Gasteiger partial charge in [0.1, 0.15) is 5.69 Å². The second-order valence-corrected chi connectivity index (χ2v) is 5.43. The Bertz CT molecular complexity index is 761. The number of amides is 1. The van der Waals surface area contributed by atoms with Gasteiger partial charge in [0.2, 0.25) is 5.91 Å². The minimum Gasteiger partial charge on any atom is -0.461 e. The van der Waals surface area contributed by atoms with Gasteiger partial charge in [-0.2, -0.15) is 0 Å². The lowest BCUT2D eigenvalue weighted by Crippen LogP contribution is -2.14. The topological polar surface area (TPSA) is 127 Å². The molecule has 0 aliphatic heterocycles. The van der Waals surface area contributed by atoms with Crippen LogP contribution in [0.5, 0.6) is 0 Å². The molecule has 2 aromatic rings. The summed E-state index contributed by atoms with van der Waals surface area (Å²) in [6, 6.07) is 5.65. The number of benzene rings is 1. The number of anilines is 1. The number of rotatable bonds is 7. The first-order valence-electron chi connectivity index (χ1n) is 6.89. The van der Waals surface area contributed by atoms with Crippen LogP contribution in [0.1, 0.15) is 17.4 Å². The normalized spacial score (nSPS) is 10.2. The first-order valence-corrected chi connectivity index (χ1v) is 7.87. The maximum absolute atomic E-state index is 11.9. The van der Waals surface area contributed by atoms with Crippen LogP contribution in [0.2, 0.25) is 0 Å². The van der Waals surface area contributed by atoms with Crippen LogP contribution >= 0.6 is 11.8 Å². The lowest BCUT2D eigenvalue weighted by molar-refractivity contribution is -0.384. The number of imidazole rings is 1. The molecule has 126 valence electrons. The number of aromatic nitrogens is 2. The molecule has 1 heterocycles. The molecule has 1 amide bonds. The number of nitrogens with zero attached hydrogens (tertiary/aromatic N) is 2. The number of thioether (sulfide) groups is 1. The SMILES string of the molecule is CCOC(=O)c1cnc(SCC(=O)Nc2cccc([N+](=O)[O-])c2)[nH]1. The van der Waals surface area contributed by atoms with E-state index >= 15 is 0 Å². The van der Waals surface area contributed by atoms with E-state index < -0.39 is 10.9 Å². The molecule has 1 aromatic heterocycles. The van der Waals surface area contributed by atoms with Gasteiger partial charge < -0.3 is 15.0 Å². The standard InChI is InChI=1S/C14H14N4O5S/c1-2-23-13(20)11-7-15-14(17-11)24-8-12(19)16-9-4-3-5-10(6-9)18(21)22/h3-7H,2,8H2,1H3,(H,15,17)(H,16,19). The van der Waals surface area contributed by atoms with Crippen molar-refractivity contribution in [2.45, 2.75) is 12.1 Å². The fourth-order valence-electron chi connectivity index (χ4n) is 1.72. The fourth-order valence-corrected chi connectivity index (χ4v) is 2.37. The molecule has 0 unspecified atom stereocenters. The number of nitro groups is 1. The smallest absolute Gasteiger partial charge is 0.356 e. The number of non-ortho nitro benzene ring substituents is 1. The molecule has 0 saturated heterocycles. The molecule has 2 N–H and O–H groups in total. The highest BCUT2D eigenvalue weighted by atomic mass is 32.2. The van der Waals surface area contributed by atoms with Crippen molar-refractivity contribution in [1.82, 2.24) is 9.97 Å². The first-order chi connectivity index (χ1) is 11.5. The largest absolute Gasteiger partial charge is 0.461 e. The third-order valence-corrected chi connectivity index (χ3v) is 3.62. The van der Waals surface area contributed by atoms with Crippen molar-refractivity contribution in [3.63, 3.8) is 0 Å². The zero-order chi connectivity index (χ0) is 17.5. The van der Waals surface area contributed by atoms with Crippen LogP contribution in [-0.4, -0.2) is 39.1 Å². The van der Waals surface area contributed by atoms with Gasteiger partial charge in [-0.3, -0.25) is 14.9 Å². The zero-order valence-electron chi connectivity index (χ0n) is 12.6. The van der Waals surface area contributed by atoms with Crippen LogP contribution < -0.4 is 5.32 Å². The minimum absolute atomic E-state index is 0.0263. The van der Waals surface area contributed by atoms with E-state index in [1.54, 1.807) is 13.0 Å². The molecule has 0 aliphatic carbocycles. The molecular weight excluding hydrogens is 336 g/mol. The molecule has 1 aromatic carbocycles. The van der Waals surface area contributed by atoms with Crippen molar-refractivity contribution in [1.29, 1.82) is 0 Å². The molecule has 0 radical (unpaired) electrons. The molecule has 24 heavy (non-hydrogen) atoms. The summed E-state index contributed by atoms with van der Waals surface area (Å²) in [5, 5.41) is 13.6. The van der Waals surface area contributed by atoms with Crippen molar-refractivity contribution in [3.05, 3.63) is 46.3 Å². The summed E-state index contributed by atoms with van der Waals surface area (Å²) in [5.74, 6) is -0.842. The third-order valence-electron chi connectivity index (χ3n) is 2.73. The van der Waals surface area contributed by atoms with E-state index in [4.69, 9.17) is 4.74 Å².